The van der Waals surface area contributed by atoms with Crippen molar-refractivity contribution in [3.8, 4) is 0 Å². The molecule has 0 radical (unpaired) electrons. The van der Waals surface area contributed by atoms with Crippen molar-refractivity contribution in [2.45, 2.75) is 32.9 Å². The molecule has 0 saturated carbocycles. The number of nitrogens with one attached hydrogen (secondary N) is 1. The fraction of sp³-hybridized carbons (Fsp3) is 0.462. The molecule has 2 aromatic rings. The van der Waals surface area contributed by atoms with E-state index in [1.54, 1.807) is 12.5 Å². The number of aromatic nitrogens is 2. The van der Waals surface area contributed by atoms with Gasteiger partial charge < -0.3 is 9.73 Å². The lowest BCUT2D eigenvalue weighted by atomic mass is 10.1. The number of furan rings is 1. The fourth-order valence-corrected chi connectivity index (χ4v) is 2.29. The summed E-state index contributed by atoms with van der Waals surface area (Å²) in [7, 11) is 0. The second kappa shape index (κ2) is 6.07. The lowest BCUT2D eigenvalue weighted by Crippen LogP contribution is -2.25. The molecular formula is C13H18ClN3O. The molecule has 1 unspecified atom stereocenters. The minimum atomic E-state index is -0.0495. The normalized spacial score (nSPS) is 12.8. The maximum atomic E-state index is 6.26. The van der Waals surface area contributed by atoms with Crippen molar-refractivity contribution in [1.29, 1.82) is 0 Å². The van der Waals surface area contributed by atoms with Gasteiger partial charge in [-0.1, -0.05) is 25.4 Å². The molecule has 0 bridgehead atoms. The van der Waals surface area contributed by atoms with Crippen molar-refractivity contribution in [3.05, 3.63) is 41.1 Å². The summed E-state index contributed by atoms with van der Waals surface area (Å²) in [5.74, 6) is 0.858. The first-order chi connectivity index (χ1) is 8.77. The van der Waals surface area contributed by atoms with Crippen LogP contribution >= 0.6 is 11.6 Å². The molecule has 0 saturated heterocycles. The molecule has 0 spiro atoms. The zero-order valence-corrected chi connectivity index (χ0v) is 11.4. The molecule has 0 aromatic carbocycles. The summed E-state index contributed by atoms with van der Waals surface area (Å²) in [6.45, 7) is 5.86. The molecule has 0 aliphatic carbocycles. The fourth-order valence-electron chi connectivity index (χ4n) is 2.04. The van der Waals surface area contributed by atoms with Crippen LogP contribution in [0.3, 0.4) is 0 Å². The van der Waals surface area contributed by atoms with Gasteiger partial charge in [0.1, 0.15) is 11.8 Å². The Morgan fingerprint density at radius 2 is 2.33 bits per heavy atom. The second-order valence-corrected chi connectivity index (χ2v) is 4.51. The zero-order chi connectivity index (χ0) is 13.0. The largest absolute Gasteiger partial charge is 0.467 e. The zero-order valence-electron chi connectivity index (χ0n) is 10.7. The van der Waals surface area contributed by atoms with Crippen LogP contribution in [0.2, 0.25) is 5.02 Å². The third-order valence-electron chi connectivity index (χ3n) is 2.78. The van der Waals surface area contributed by atoms with Crippen molar-refractivity contribution in [3.63, 3.8) is 0 Å². The first-order valence-electron chi connectivity index (χ1n) is 6.25. The topological polar surface area (TPSA) is 43.0 Å². The lowest BCUT2D eigenvalue weighted by Gasteiger charge is -2.18. The van der Waals surface area contributed by atoms with Crippen LogP contribution in [-0.4, -0.2) is 16.3 Å². The van der Waals surface area contributed by atoms with Crippen molar-refractivity contribution in [1.82, 2.24) is 15.1 Å². The van der Waals surface area contributed by atoms with E-state index in [1.807, 2.05) is 16.8 Å². The summed E-state index contributed by atoms with van der Waals surface area (Å²) >= 11 is 6.26. The lowest BCUT2D eigenvalue weighted by molar-refractivity contribution is 0.429. The molecular weight excluding hydrogens is 250 g/mol. The Kier molecular flexibility index (Phi) is 4.44. The minimum Gasteiger partial charge on any atom is -0.467 e. The summed E-state index contributed by atoms with van der Waals surface area (Å²) in [5, 5.41) is 8.38. The molecule has 18 heavy (non-hydrogen) atoms. The highest BCUT2D eigenvalue weighted by atomic mass is 35.5. The van der Waals surface area contributed by atoms with Gasteiger partial charge in [0.2, 0.25) is 0 Å². The molecule has 0 fully saturated rings. The second-order valence-electron chi connectivity index (χ2n) is 4.11. The van der Waals surface area contributed by atoms with E-state index in [9.17, 15) is 0 Å². The molecule has 2 rings (SSSR count). The van der Waals surface area contributed by atoms with E-state index in [0.29, 0.717) is 5.02 Å². The van der Waals surface area contributed by atoms with E-state index >= 15 is 0 Å². The van der Waals surface area contributed by atoms with Crippen molar-refractivity contribution in [2.24, 2.45) is 0 Å². The summed E-state index contributed by atoms with van der Waals surface area (Å²) < 4.78 is 7.44. The van der Waals surface area contributed by atoms with E-state index < -0.39 is 0 Å². The van der Waals surface area contributed by atoms with E-state index in [2.05, 4.69) is 24.3 Å². The summed E-state index contributed by atoms with van der Waals surface area (Å²) in [6.07, 6.45) is 4.38. The third-order valence-corrected chi connectivity index (χ3v) is 3.07. The monoisotopic (exact) mass is 267 g/mol. The maximum Gasteiger partial charge on any atom is 0.126 e. The van der Waals surface area contributed by atoms with Gasteiger partial charge in [-0.15, -0.1) is 0 Å². The summed E-state index contributed by atoms with van der Waals surface area (Å²) in [6, 6.07) is 3.78. The quantitative estimate of drug-likeness (QED) is 0.874. The Labute approximate surface area is 112 Å². The number of nitrogens with zero attached hydrogens (tertiary/aromatic N) is 2. The average Bonchev–Trinajstić information content (AvgIpc) is 2.98. The number of rotatable bonds is 6. The molecule has 98 valence electrons. The Hall–Kier alpha value is -1.26. The molecule has 0 aliphatic rings. The molecule has 5 heteroatoms. The number of hydrogen-bond donors (Lipinski definition) is 1. The maximum absolute atomic E-state index is 6.26. The number of hydrogen-bond acceptors (Lipinski definition) is 3. The highest BCUT2D eigenvalue weighted by Crippen LogP contribution is 2.28. The van der Waals surface area contributed by atoms with Crippen LogP contribution in [0.1, 0.15) is 37.8 Å². The molecule has 0 amide bonds. The highest BCUT2D eigenvalue weighted by Gasteiger charge is 2.23. The molecule has 4 nitrogen and oxygen atoms in total. The van der Waals surface area contributed by atoms with Gasteiger partial charge in [-0.25, -0.2) is 0 Å². The van der Waals surface area contributed by atoms with Gasteiger partial charge in [-0.3, -0.25) is 4.68 Å². The van der Waals surface area contributed by atoms with Crippen LogP contribution in [0.4, 0.5) is 0 Å². The molecule has 1 N–H and O–H groups in total. The van der Waals surface area contributed by atoms with Gasteiger partial charge in [-0.2, -0.15) is 5.10 Å². The standard InChI is InChI=1S/C13H18ClN3O/c1-3-7-17-13(10(14)9-16-17)12(15-4-2)11-6-5-8-18-11/h5-6,8-9,12,15H,3-4,7H2,1-2H3. The minimum absolute atomic E-state index is 0.0495. The summed E-state index contributed by atoms with van der Waals surface area (Å²) in [5.41, 5.74) is 0.968. The number of halogens is 1. The van der Waals surface area contributed by atoms with Gasteiger partial charge in [0.05, 0.1) is 23.2 Å². The van der Waals surface area contributed by atoms with E-state index in [1.165, 1.54) is 0 Å². The van der Waals surface area contributed by atoms with Crippen molar-refractivity contribution < 1.29 is 4.42 Å². The third kappa shape index (κ3) is 2.60. The first-order valence-corrected chi connectivity index (χ1v) is 6.63. The number of aryl methyl sites for hydroxylation is 1. The van der Waals surface area contributed by atoms with Crippen LogP contribution in [0, 0.1) is 0 Å². The Morgan fingerprint density at radius 1 is 1.50 bits per heavy atom. The van der Waals surface area contributed by atoms with Crippen LogP contribution in [0.5, 0.6) is 0 Å². The highest BCUT2D eigenvalue weighted by molar-refractivity contribution is 6.31. The average molecular weight is 268 g/mol. The SMILES string of the molecule is CCCn1ncc(Cl)c1C(NCC)c1ccco1. The van der Waals surface area contributed by atoms with Crippen LogP contribution < -0.4 is 5.32 Å². The van der Waals surface area contributed by atoms with Gasteiger partial charge in [0.25, 0.3) is 0 Å². The Morgan fingerprint density at radius 3 is 2.94 bits per heavy atom. The van der Waals surface area contributed by atoms with Crippen molar-refractivity contribution >= 4 is 11.6 Å². The first kappa shape index (κ1) is 13.2. The molecule has 1 atom stereocenters. The predicted octanol–water partition coefficient (Wildman–Crippen LogP) is 3.24. The predicted molar refractivity (Wildman–Crippen MR) is 71.8 cm³/mol. The molecule has 2 aromatic heterocycles. The molecule has 0 aliphatic heterocycles. The van der Waals surface area contributed by atoms with Crippen LogP contribution in [0.25, 0.3) is 0 Å². The van der Waals surface area contributed by atoms with Gasteiger partial charge in [0, 0.05) is 6.54 Å². The van der Waals surface area contributed by atoms with E-state index in [0.717, 1.165) is 31.0 Å². The van der Waals surface area contributed by atoms with E-state index in [4.69, 9.17) is 16.0 Å². The van der Waals surface area contributed by atoms with E-state index in [-0.39, 0.29) is 6.04 Å². The smallest absolute Gasteiger partial charge is 0.126 e. The summed E-state index contributed by atoms with van der Waals surface area (Å²) in [4.78, 5) is 0. The van der Waals surface area contributed by atoms with Crippen LogP contribution in [0.15, 0.2) is 29.0 Å². The van der Waals surface area contributed by atoms with Crippen molar-refractivity contribution in [2.75, 3.05) is 6.54 Å². The molecule has 2 heterocycles. The van der Waals surface area contributed by atoms with Gasteiger partial charge >= 0.3 is 0 Å². The Balaban J connectivity index is 2.39. The van der Waals surface area contributed by atoms with Gasteiger partial charge in [0.15, 0.2) is 0 Å². The van der Waals surface area contributed by atoms with Crippen LogP contribution in [-0.2, 0) is 6.54 Å². The Bertz CT molecular complexity index is 478. The van der Waals surface area contributed by atoms with Gasteiger partial charge in [-0.05, 0) is 25.1 Å².